The van der Waals surface area contributed by atoms with Crippen molar-refractivity contribution in [2.45, 2.75) is 51.1 Å². The first-order valence-corrected chi connectivity index (χ1v) is 9.67. The molecule has 0 atom stereocenters. The SMILES string of the molecule is CN=C(NCCCC1CC1)NC1CCN(Cc2ccc(F)cc2)CC1. The third kappa shape index (κ3) is 6.31. The lowest BCUT2D eigenvalue weighted by Crippen LogP contribution is -2.48. The van der Waals surface area contributed by atoms with Crippen LogP contribution in [0.3, 0.4) is 0 Å². The van der Waals surface area contributed by atoms with Gasteiger partial charge in [0.05, 0.1) is 0 Å². The minimum Gasteiger partial charge on any atom is -0.356 e. The van der Waals surface area contributed by atoms with E-state index in [9.17, 15) is 4.39 Å². The van der Waals surface area contributed by atoms with Crippen LogP contribution in [-0.2, 0) is 6.54 Å². The fraction of sp³-hybridized carbons (Fsp3) is 0.650. The van der Waals surface area contributed by atoms with Crippen LogP contribution in [0.5, 0.6) is 0 Å². The summed E-state index contributed by atoms with van der Waals surface area (Å²) in [6.45, 7) is 4.04. The third-order valence-electron chi connectivity index (χ3n) is 5.25. The van der Waals surface area contributed by atoms with E-state index in [0.717, 1.165) is 50.9 Å². The molecule has 5 heteroatoms. The number of benzene rings is 1. The van der Waals surface area contributed by atoms with Crippen LogP contribution in [0.15, 0.2) is 29.3 Å². The zero-order valence-electron chi connectivity index (χ0n) is 15.3. The molecule has 0 bridgehead atoms. The van der Waals surface area contributed by atoms with Crippen LogP contribution in [0.25, 0.3) is 0 Å². The van der Waals surface area contributed by atoms with Crippen molar-refractivity contribution < 1.29 is 4.39 Å². The number of hydrogen-bond acceptors (Lipinski definition) is 2. The number of halogens is 1. The van der Waals surface area contributed by atoms with Gasteiger partial charge in [0, 0.05) is 39.3 Å². The van der Waals surface area contributed by atoms with E-state index < -0.39 is 0 Å². The van der Waals surface area contributed by atoms with Gasteiger partial charge in [0.1, 0.15) is 5.82 Å². The van der Waals surface area contributed by atoms with Gasteiger partial charge >= 0.3 is 0 Å². The Morgan fingerprint density at radius 3 is 2.52 bits per heavy atom. The maximum absolute atomic E-state index is 13.0. The zero-order chi connectivity index (χ0) is 17.5. The van der Waals surface area contributed by atoms with Crippen molar-refractivity contribution in [3.8, 4) is 0 Å². The number of aliphatic imine (C=N–C) groups is 1. The van der Waals surface area contributed by atoms with Crippen molar-refractivity contribution >= 4 is 5.96 Å². The highest BCUT2D eigenvalue weighted by Crippen LogP contribution is 2.33. The molecule has 1 aromatic rings. The molecule has 1 aliphatic heterocycles. The summed E-state index contributed by atoms with van der Waals surface area (Å²) in [6.07, 6.45) is 7.69. The molecule has 0 aromatic heterocycles. The molecule has 0 radical (unpaired) electrons. The van der Waals surface area contributed by atoms with Crippen molar-refractivity contribution in [2.24, 2.45) is 10.9 Å². The molecular weight excluding hydrogens is 315 g/mol. The van der Waals surface area contributed by atoms with Crippen LogP contribution in [0.1, 0.15) is 44.1 Å². The summed E-state index contributed by atoms with van der Waals surface area (Å²) in [5.41, 5.74) is 1.18. The van der Waals surface area contributed by atoms with Crippen molar-refractivity contribution in [1.82, 2.24) is 15.5 Å². The number of likely N-dealkylation sites (tertiary alicyclic amines) is 1. The Kier molecular flexibility index (Phi) is 6.68. The van der Waals surface area contributed by atoms with Crippen LogP contribution in [0, 0.1) is 11.7 Å². The van der Waals surface area contributed by atoms with Crippen LogP contribution >= 0.6 is 0 Å². The molecule has 2 aliphatic rings. The molecule has 25 heavy (non-hydrogen) atoms. The molecule has 1 aliphatic carbocycles. The Balaban J connectivity index is 1.33. The highest BCUT2D eigenvalue weighted by Gasteiger charge is 2.21. The first-order chi connectivity index (χ1) is 12.2. The summed E-state index contributed by atoms with van der Waals surface area (Å²) in [7, 11) is 1.85. The van der Waals surface area contributed by atoms with E-state index in [-0.39, 0.29) is 5.82 Å². The molecule has 0 spiro atoms. The van der Waals surface area contributed by atoms with Crippen LogP contribution < -0.4 is 10.6 Å². The summed E-state index contributed by atoms with van der Waals surface area (Å²) < 4.78 is 13.0. The van der Waals surface area contributed by atoms with E-state index in [1.54, 1.807) is 12.1 Å². The number of nitrogens with zero attached hydrogens (tertiary/aromatic N) is 2. The molecule has 0 amide bonds. The monoisotopic (exact) mass is 346 g/mol. The Hall–Kier alpha value is -1.62. The molecule has 4 nitrogen and oxygen atoms in total. The van der Waals surface area contributed by atoms with Gasteiger partial charge in [-0.1, -0.05) is 25.0 Å². The maximum Gasteiger partial charge on any atom is 0.191 e. The Labute approximate surface area is 150 Å². The molecular formula is C20H31FN4. The fourth-order valence-electron chi connectivity index (χ4n) is 3.48. The van der Waals surface area contributed by atoms with Gasteiger partial charge in [-0.05, 0) is 49.3 Å². The van der Waals surface area contributed by atoms with Crippen LogP contribution in [-0.4, -0.2) is 43.6 Å². The molecule has 138 valence electrons. The number of hydrogen-bond donors (Lipinski definition) is 2. The average molecular weight is 346 g/mol. The topological polar surface area (TPSA) is 39.7 Å². The minimum atomic E-state index is -0.164. The van der Waals surface area contributed by atoms with Gasteiger partial charge in [-0.15, -0.1) is 0 Å². The molecule has 1 aromatic carbocycles. The number of piperidine rings is 1. The molecule has 2 N–H and O–H groups in total. The smallest absolute Gasteiger partial charge is 0.191 e. The number of guanidine groups is 1. The summed E-state index contributed by atoms with van der Waals surface area (Å²) in [5, 5.41) is 7.01. The largest absolute Gasteiger partial charge is 0.356 e. The predicted molar refractivity (Wildman–Crippen MR) is 101 cm³/mol. The standard InChI is InChI=1S/C20H31FN4/c1-22-20(23-12-2-3-16-4-5-16)24-19-10-13-25(14-11-19)15-17-6-8-18(21)9-7-17/h6-9,16,19H,2-5,10-15H2,1H3,(H2,22,23,24). The van der Waals surface area contributed by atoms with E-state index in [0.29, 0.717) is 6.04 Å². The molecule has 1 heterocycles. The van der Waals surface area contributed by atoms with Gasteiger partial charge in [-0.25, -0.2) is 4.39 Å². The van der Waals surface area contributed by atoms with Crippen LogP contribution in [0.2, 0.25) is 0 Å². The predicted octanol–water partition coefficient (Wildman–Crippen LogP) is 3.15. The van der Waals surface area contributed by atoms with E-state index in [1.165, 1.54) is 31.2 Å². The second-order valence-electron chi connectivity index (χ2n) is 7.41. The molecule has 1 saturated heterocycles. The summed E-state index contributed by atoms with van der Waals surface area (Å²) in [4.78, 5) is 6.80. The summed E-state index contributed by atoms with van der Waals surface area (Å²) in [6, 6.07) is 7.34. The van der Waals surface area contributed by atoms with E-state index >= 15 is 0 Å². The highest BCUT2D eigenvalue weighted by atomic mass is 19.1. The highest BCUT2D eigenvalue weighted by molar-refractivity contribution is 5.79. The summed E-state index contributed by atoms with van der Waals surface area (Å²) in [5.74, 6) is 1.78. The van der Waals surface area contributed by atoms with Gasteiger partial charge < -0.3 is 10.6 Å². The third-order valence-corrected chi connectivity index (χ3v) is 5.25. The maximum atomic E-state index is 13.0. The number of rotatable bonds is 7. The van der Waals surface area contributed by atoms with E-state index in [4.69, 9.17) is 0 Å². The normalized spacial score (nSPS) is 19.8. The Morgan fingerprint density at radius 2 is 1.88 bits per heavy atom. The van der Waals surface area contributed by atoms with E-state index in [1.807, 2.05) is 19.2 Å². The molecule has 3 rings (SSSR count). The second kappa shape index (κ2) is 9.18. The average Bonchev–Trinajstić information content (AvgIpc) is 3.45. The van der Waals surface area contributed by atoms with Gasteiger partial charge in [-0.2, -0.15) is 0 Å². The van der Waals surface area contributed by atoms with Gasteiger partial charge in [0.2, 0.25) is 0 Å². The van der Waals surface area contributed by atoms with Gasteiger partial charge in [-0.3, -0.25) is 9.89 Å². The van der Waals surface area contributed by atoms with Gasteiger partial charge in [0.25, 0.3) is 0 Å². The molecule has 0 unspecified atom stereocenters. The zero-order valence-corrected chi connectivity index (χ0v) is 15.3. The Morgan fingerprint density at radius 1 is 1.16 bits per heavy atom. The van der Waals surface area contributed by atoms with E-state index in [2.05, 4.69) is 20.5 Å². The van der Waals surface area contributed by atoms with Crippen LogP contribution in [0.4, 0.5) is 4.39 Å². The lowest BCUT2D eigenvalue weighted by atomic mass is 10.0. The fourth-order valence-corrected chi connectivity index (χ4v) is 3.48. The minimum absolute atomic E-state index is 0.164. The quantitative estimate of drug-likeness (QED) is 0.453. The lowest BCUT2D eigenvalue weighted by molar-refractivity contribution is 0.198. The summed E-state index contributed by atoms with van der Waals surface area (Å²) >= 11 is 0. The van der Waals surface area contributed by atoms with Gasteiger partial charge in [0.15, 0.2) is 5.96 Å². The molecule has 1 saturated carbocycles. The first kappa shape index (κ1) is 18.2. The van der Waals surface area contributed by atoms with Crippen molar-refractivity contribution in [2.75, 3.05) is 26.7 Å². The Bertz CT molecular complexity index is 545. The van der Waals surface area contributed by atoms with Crippen molar-refractivity contribution in [3.05, 3.63) is 35.6 Å². The van der Waals surface area contributed by atoms with Crippen molar-refractivity contribution in [3.63, 3.8) is 0 Å². The lowest BCUT2D eigenvalue weighted by Gasteiger charge is -2.33. The molecule has 2 fully saturated rings. The number of nitrogens with one attached hydrogen (secondary N) is 2. The van der Waals surface area contributed by atoms with Crippen molar-refractivity contribution in [1.29, 1.82) is 0 Å². The first-order valence-electron chi connectivity index (χ1n) is 9.67. The second-order valence-corrected chi connectivity index (χ2v) is 7.41.